The average Bonchev–Trinajstić information content (AvgIpc) is 3.43. The fourth-order valence-corrected chi connectivity index (χ4v) is 4.00. The van der Waals surface area contributed by atoms with Crippen LogP contribution in [0.5, 0.6) is 5.75 Å². The number of carbonyl (C=O) groups excluding carboxylic acids is 2. The van der Waals surface area contributed by atoms with Crippen LogP contribution < -0.4 is 15.0 Å². The summed E-state index contributed by atoms with van der Waals surface area (Å²) in [6, 6.07) is 18.4. The van der Waals surface area contributed by atoms with Crippen LogP contribution in [0.25, 0.3) is 5.65 Å². The van der Waals surface area contributed by atoms with Gasteiger partial charge in [-0.2, -0.15) is 0 Å². The van der Waals surface area contributed by atoms with E-state index in [4.69, 9.17) is 4.74 Å². The molecule has 0 unspecified atom stereocenters. The fourth-order valence-electron chi connectivity index (χ4n) is 4.00. The molecule has 1 fully saturated rings. The van der Waals surface area contributed by atoms with Crippen molar-refractivity contribution in [3.63, 3.8) is 0 Å². The summed E-state index contributed by atoms with van der Waals surface area (Å²) in [6.45, 7) is 3.05. The molecular formula is C26H24N4O3. The SMILES string of the molecule is Cc1ccc2nc(COc3ccc(C(=O)Nc4ccccc4N4CCCC4=O)cc3)cn2c1. The number of hydrogen-bond acceptors (Lipinski definition) is 4. The van der Waals surface area contributed by atoms with Gasteiger partial charge < -0.3 is 19.4 Å². The van der Waals surface area contributed by atoms with Crippen molar-refractivity contribution in [2.75, 3.05) is 16.8 Å². The van der Waals surface area contributed by atoms with Gasteiger partial charge in [0.15, 0.2) is 0 Å². The summed E-state index contributed by atoms with van der Waals surface area (Å²) in [6.07, 6.45) is 5.35. The minimum Gasteiger partial charge on any atom is -0.487 e. The second-order valence-corrected chi connectivity index (χ2v) is 8.14. The van der Waals surface area contributed by atoms with Crippen LogP contribution in [0.15, 0.2) is 73.1 Å². The van der Waals surface area contributed by atoms with E-state index in [0.29, 0.717) is 36.6 Å². The van der Waals surface area contributed by atoms with Gasteiger partial charge in [0.1, 0.15) is 18.0 Å². The lowest BCUT2D eigenvalue weighted by Gasteiger charge is -2.20. The van der Waals surface area contributed by atoms with Gasteiger partial charge in [0, 0.05) is 30.9 Å². The van der Waals surface area contributed by atoms with Crippen LogP contribution in [-0.4, -0.2) is 27.7 Å². The molecule has 5 rings (SSSR count). The zero-order valence-electron chi connectivity index (χ0n) is 18.3. The zero-order valence-corrected chi connectivity index (χ0v) is 18.3. The molecule has 1 N–H and O–H groups in total. The van der Waals surface area contributed by atoms with Gasteiger partial charge in [-0.1, -0.05) is 18.2 Å². The van der Waals surface area contributed by atoms with Crippen molar-refractivity contribution >= 4 is 28.8 Å². The first-order valence-electron chi connectivity index (χ1n) is 10.9. The average molecular weight is 441 g/mol. The molecule has 0 atom stereocenters. The van der Waals surface area contributed by atoms with E-state index in [1.807, 2.05) is 60.1 Å². The Morgan fingerprint density at radius 1 is 1.06 bits per heavy atom. The topological polar surface area (TPSA) is 75.9 Å². The lowest BCUT2D eigenvalue weighted by atomic mass is 10.2. The predicted octanol–water partition coefficient (Wildman–Crippen LogP) is 4.60. The van der Waals surface area contributed by atoms with E-state index >= 15 is 0 Å². The Kier molecular flexibility index (Phi) is 5.52. The predicted molar refractivity (Wildman–Crippen MR) is 127 cm³/mol. The third kappa shape index (κ3) is 4.43. The van der Waals surface area contributed by atoms with Crippen molar-refractivity contribution < 1.29 is 14.3 Å². The number of carbonyl (C=O) groups is 2. The Labute approximate surface area is 191 Å². The molecule has 0 bridgehead atoms. The van der Waals surface area contributed by atoms with E-state index in [9.17, 15) is 9.59 Å². The Morgan fingerprint density at radius 3 is 2.67 bits per heavy atom. The quantitative estimate of drug-likeness (QED) is 0.475. The van der Waals surface area contributed by atoms with E-state index in [1.54, 1.807) is 29.2 Å². The molecule has 33 heavy (non-hydrogen) atoms. The van der Waals surface area contributed by atoms with E-state index in [-0.39, 0.29) is 11.8 Å². The number of benzene rings is 2. The fraction of sp³-hybridized carbons (Fsp3) is 0.192. The first-order chi connectivity index (χ1) is 16.1. The van der Waals surface area contributed by atoms with Crippen LogP contribution >= 0.6 is 0 Å². The molecule has 7 heteroatoms. The minimum absolute atomic E-state index is 0.0824. The first-order valence-corrected chi connectivity index (χ1v) is 10.9. The van der Waals surface area contributed by atoms with Gasteiger partial charge in [0.05, 0.1) is 17.1 Å². The Bertz CT molecular complexity index is 1330. The van der Waals surface area contributed by atoms with Crippen LogP contribution in [0.3, 0.4) is 0 Å². The van der Waals surface area contributed by atoms with Crippen LogP contribution in [-0.2, 0) is 11.4 Å². The van der Waals surface area contributed by atoms with Crippen molar-refractivity contribution in [1.82, 2.24) is 9.38 Å². The molecule has 7 nitrogen and oxygen atoms in total. The molecular weight excluding hydrogens is 416 g/mol. The lowest BCUT2D eigenvalue weighted by Crippen LogP contribution is -2.25. The van der Waals surface area contributed by atoms with Gasteiger partial charge in [0.2, 0.25) is 5.91 Å². The summed E-state index contributed by atoms with van der Waals surface area (Å²) in [5.41, 5.74) is 4.73. The molecule has 3 heterocycles. The summed E-state index contributed by atoms with van der Waals surface area (Å²) >= 11 is 0. The third-order valence-corrected chi connectivity index (χ3v) is 5.67. The summed E-state index contributed by atoms with van der Waals surface area (Å²) in [7, 11) is 0. The highest BCUT2D eigenvalue weighted by Gasteiger charge is 2.24. The number of anilines is 2. The maximum absolute atomic E-state index is 12.8. The van der Waals surface area contributed by atoms with Crippen molar-refractivity contribution in [3.8, 4) is 5.75 Å². The van der Waals surface area contributed by atoms with Gasteiger partial charge in [-0.05, 0) is 61.4 Å². The molecule has 4 aromatic rings. The number of rotatable bonds is 6. The Morgan fingerprint density at radius 2 is 1.88 bits per heavy atom. The monoisotopic (exact) mass is 440 g/mol. The van der Waals surface area contributed by atoms with Crippen molar-refractivity contribution in [3.05, 3.63) is 89.9 Å². The van der Waals surface area contributed by atoms with Crippen LogP contribution in [0.4, 0.5) is 11.4 Å². The highest BCUT2D eigenvalue weighted by molar-refractivity contribution is 6.08. The molecule has 1 aliphatic rings. The Hall–Kier alpha value is -4.13. The van der Waals surface area contributed by atoms with Crippen molar-refractivity contribution in [1.29, 1.82) is 0 Å². The molecule has 0 aliphatic carbocycles. The standard InChI is InChI=1S/C26H24N4O3/c1-18-8-13-24-27-20(16-29(24)15-18)17-33-21-11-9-19(10-12-21)26(32)28-22-5-2-3-6-23(22)30-14-4-7-25(30)31/h2-3,5-6,8-13,15-16H,4,7,14,17H2,1H3,(H,28,32). The number of para-hydroxylation sites is 2. The van der Waals surface area contributed by atoms with Gasteiger partial charge in [-0.15, -0.1) is 0 Å². The summed E-state index contributed by atoms with van der Waals surface area (Å²) in [4.78, 5) is 31.2. The first kappa shape index (κ1) is 20.8. The maximum atomic E-state index is 12.8. The number of nitrogens with one attached hydrogen (secondary N) is 1. The highest BCUT2D eigenvalue weighted by atomic mass is 16.5. The smallest absolute Gasteiger partial charge is 0.255 e. The number of imidazole rings is 1. The summed E-state index contributed by atoms with van der Waals surface area (Å²) < 4.78 is 7.83. The molecule has 0 spiro atoms. The molecule has 1 aliphatic heterocycles. The lowest BCUT2D eigenvalue weighted by molar-refractivity contribution is -0.117. The molecule has 2 aromatic heterocycles. The van der Waals surface area contributed by atoms with E-state index in [0.717, 1.165) is 29.0 Å². The summed E-state index contributed by atoms with van der Waals surface area (Å²) in [5, 5.41) is 2.93. The highest BCUT2D eigenvalue weighted by Crippen LogP contribution is 2.29. The van der Waals surface area contributed by atoms with Crippen molar-refractivity contribution in [2.24, 2.45) is 0 Å². The molecule has 1 saturated heterocycles. The van der Waals surface area contributed by atoms with Crippen LogP contribution in [0, 0.1) is 6.92 Å². The van der Waals surface area contributed by atoms with Crippen LogP contribution in [0.2, 0.25) is 0 Å². The molecule has 0 radical (unpaired) electrons. The minimum atomic E-state index is -0.239. The van der Waals surface area contributed by atoms with Crippen LogP contribution in [0.1, 0.15) is 34.5 Å². The number of fused-ring (bicyclic) bond motifs is 1. The van der Waals surface area contributed by atoms with Gasteiger partial charge in [0.25, 0.3) is 5.91 Å². The number of ether oxygens (including phenoxy) is 1. The number of hydrogen-bond donors (Lipinski definition) is 1. The van der Waals surface area contributed by atoms with Gasteiger partial charge >= 0.3 is 0 Å². The van der Waals surface area contributed by atoms with Gasteiger partial charge in [-0.3, -0.25) is 9.59 Å². The number of amides is 2. The van der Waals surface area contributed by atoms with Gasteiger partial charge in [-0.25, -0.2) is 4.98 Å². The summed E-state index contributed by atoms with van der Waals surface area (Å²) in [5.74, 6) is 0.498. The van der Waals surface area contributed by atoms with E-state index in [1.165, 1.54) is 0 Å². The van der Waals surface area contributed by atoms with Crippen molar-refractivity contribution in [2.45, 2.75) is 26.4 Å². The van der Waals surface area contributed by atoms with E-state index in [2.05, 4.69) is 10.3 Å². The Balaban J connectivity index is 1.24. The second kappa shape index (κ2) is 8.78. The largest absolute Gasteiger partial charge is 0.487 e. The third-order valence-electron chi connectivity index (χ3n) is 5.67. The normalized spacial score (nSPS) is 13.5. The number of pyridine rings is 1. The van der Waals surface area contributed by atoms with E-state index < -0.39 is 0 Å². The number of aromatic nitrogens is 2. The second-order valence-electron chi connectivity index (χ2n) is 8.14. The zero-order chi connectivity index (χ0) is 22.8. The molecule has 166 valence electrons. The maximum Gasteiger partial charge on any atom is 0.255 e. The number of nitrogens with zero attached hydrogens (tertiary/aromatic N) is 3. The molecule has 2 aromatic carbocycles. The molecule has 2 amide bonds. The molecule has 0 saturated carbocycles. The number of aryl methyl sites for hydroxylation is 1.